The zero-order valence-corrected chi connectivity index (χ0v) is 20.2. The zero-order valence-electron chi connectivity index (χ0n) is 20.2. The molecule has 2 aliphatic heterocycles. The van der Waals surface area contributed by atoms with Crippen LogP contribution in [0, 0.1) is 0 Å². The molecule has 2 N–H and O–H groups in total. The molecule has 2 aromatic heterocycles. The standard InChI is InChI=1S/C26H32N6O2/c1-18-13-21(15-29-26(18,4)22-7-9-27-10-8-22)14-25(34)30-24-6-5-23(16-28-24)31-11-12-32(20(3)33)19(2)17-31/h5-10,13,15-16,19,29H,11-12,14,17H2,1-4H3,(H,28,30,34). The van der Waals surface area contributed by atoms with E-state index in [1.807, 2.05) is 35.4 Å². The number of piperazine rings is 1. The molecule has 178 valence electrons. The molecule has 0 spiro atoms. The second-order valence-corrected chi connectivity index (χ2v) is 9.19. The van der Waals surface area contributed by atoms with Crippen LogP contribution >= 0.6 is 0 Å². The first-order chi connectivity index (χ1) is 16.3. The number of dihydropyridines is 1. The number of nitrogens with zero attached hydrogens (tertiary/aromatic N) is 4. The number of pyridine rings is 2. The van der Waals surface area contributed by atoms with Crippen LogP contribution in [0.15, 0.2) is 66.3 Å². The highest BCUT2D eigenvalue weighted by atomic mass is 16.2. The van der Waals surface area contributed by atoms with Gasteiger partial charge in [-0.25, -0.2) is 4.98 Å². The quantitative estimate of drug-likeness (QED) is 0.712. The number of carbonyl (C=O) groups excluding carboxylic acids is 2. The average molecular weight is 461 g/mol. The normalized spacial score (nSPS) is 22.4. The van der Waals surface area contributed by atoms with Gasteiger partial charge in [-0.3, -0.25) is 14.6 Å². The summed E-state index contributed by atoms with van der Waals surface area (Å²) in [6, 6.07) is 7.93. The van der Waals surface area contributed by atoms with Gasteiger partial charge in [-0.15, -0.1) is 0 Å². The summed E-state index contributed by atoms with van der Waals surface area (Å²) in [7, 11) is 0. The Morgan fingerprint density at radius 2 is 1.97 bits per heavy atom. The minimum Gasteiger partial charge on any atom is -0.378 e. The van der Waals surface area contributed by atoms with Crippen molar-refractivity contribution in [1.29, 1.82) is 0 Å². The average Bonchev–Trinajstić information content (AvgIpc) is 2.82. The summed E-state index contributed by atoms with van der Waals surface area (Å²) in [6.07, 6.45) is 9.57. The summed E-state index contributed by atoms with van der Waals surface area (Å²) >= 11 is 0. The van der Waals surface area contributed by atoms with Gasteiger partial charge in [0.15, 0.2) is 0 Å². The highest BCUT2D eigenvalue weighted by molar-refractivity contribution is 5.92. The van der Waals surface area contributed by atoms with Crippen molar-refractivity contribution in [2.24, 2.45) is 0 Å². The van der Waals surface area contributed by atoms with E-state index in [2.05, 4.69) is 52.3 Å². The van der Waals surface area contributed by atoms with E-state index in [0.717, 1.165) is 35.5 Å². The van der Waals surface area contributed by atoms with E-state index in [1.54, 1.807) is 25.5 Å². The topological polar surface area (TPSA) is 90.5 Å². The third kappa shape index (κ3) is 4.95. The van der Waals surface area contributed by atoms with Gasteiger partial charge in [-0.05, 0) is 61.7 Å². The van der Waals surface area contributed by atoms with E-state index < -0.39 is 0 Å². The molecule has 0 radical (unpaired) electrons. The monoisotopic (exact) mass is 460 g/mol. The summed E-state index contributed by atoms with van der Waals surface area (Å²) in [6.45, 7) is 10.1. The van der Waals surface area contributed by atoms with Crippen molar-refractivity contribution in [3.8, 4) is 0 Å². The molecular weight excluding hydrogens is 428 g/mol. The van der Waals surface area contributed by atoms with Crippen molar-refractivity contribution in [1.82, 2.24) is 20.2 Å². The van der Waals surface area contributed by atoms with Crippen molar-refractivity contribution in [2.45, 2.75) is 45.7 Å². The Morgan fingerprint density at radius 3 is 2.59 bits per heavy atom. The number of hydrogen-bond acceptors (Lipinski definition) is 6. The lowest BCUT2D eigenvalue weighted by atomic mass is 9.82. The van der Waals surface area contributed by atoms with Crippen molar-refractivity contribution in [2.75, 3.05) is 29.9 Å². The summed E-state index contributed by atoms with van der Waals surface area (Å²) in [5.41, 5.74) is 3.83. The summed E-state index contributed by atoms with van der Waals surface area (Å²) in [4.78, 5) is 37.0. The van der Waals surface area contributed by atoms with E-state index in [-0.39, 0.29) is 29.8 Å². The van der Waals surface area contributed by atoms with Gasteiger partial charge in [0.1, 0.15) is 5.82 Å². The number of anilines is 2. The number of hydrogen-bond donors (Lipinski definition) is 2. The molecule has 0 saturated carbocycles. The van der Waals surface area contributed by atoms with Gasteiger partial charge in [-0.2, -0.15) is 0 Å². The Morgan fingerprint density at radius 1 is 1.21 bits per heavy atom. The maximum Gasteiger partial charge on any atom is 0.230 e. The number of amides is 2. The van der Waals surface area contributed by atoms with Gasteiger partial charge in [0.2, 0.25) is 11.8 Å². The lowest BCUT2D eigenvalue weighted by Gasteiger charge is -2.40. The van der Waals surface area contributed by atoms with Gasteiger partial charge in [0.05, 0.1) is 23.8 Å². The Kier molecular flexibility index (Phi) is 6.68. The SMILES string of the molecule is CC(=O)N1CCN(c2ccc(NC(=O)CC3=CNC(C)(c4ccncc4)C(C)=C3)nc2)CC1C. The van der Waals surface area contributed by atoms with Crippen LogP contribution in [0.1, 0.15) is 39.7 Å². The Balaban J connectivity index is 1.33. The second-order valence-electron chi connectivity index (χ2n) is 9.19. The van der Waals surface area contributed by atoms with Crippen molar-refractivity contribution in [3.63, 3.8) is 0 Å². The van der Waals surface area contributed by atoms with Crippen LogP contribution in [0.3, 0.4) is 0 Å². The Labute approximate surface area is 200 Å². The van der Waals surface area contributed by atoms with Gasteiger partial charge < -0.3 is 20.4 Å². The fourth-order valence-electron chi connectivity index (χ4n) is 4.59. The smallest absolute Gasteiger partial charge is 0.230 e. The number of rotatable bonds is 5. The fourth-order valence-corrected chi connectivity index (χ4v) is 4.59. The maximum absolute atomic E-state index is 12.6. The third-order valence-electron chi connectivity index (χ3n) is 6.77. The first-order valence-corrected chi connectivity index (χ1v) is 11.6. The van der Waals surface area contributed by atoms with Crippen molar-refractivity contribution < 1.29 is 9.59 Å². The van der Waals surface area contributed by atoms with Crippen molar-refractivity contribution >= 4 is 23.3 Å². The molecule has 1 saturated heterocycles. The molecule has 4 heterocycles. The largest absolute Gasteiger partial charge is 0.378 e. The molecule has 1 fully saturated rings. The van der Waals surface area contributed by atoms with E-state index in [9.17, 15) is 9.59 Å². The molecular formula is C26H32N6O2. The molecule has 34 heavy (non-hydrogen) atoms. The first-order valence-electron chi connectivity index (χ1n) is 11.6. The summed E-state index contributed by atoms with van der Waals surface area (Å²) in [5.74, 6) is 0.517. The molecule has 8 nitrogen and oxygen atoms in total. The van der Waals surface area contributed by atoms with E-state index >= 15 is 0 Å². The van der Waals surface area contributed by atoms with Crippen LogP contribution in [0.2, 0.25) is 0 Å². The minimum atomic E-state index is -0.326. The number of allylic oxidation sites excluding steroid dienone is 1. The first kappa shape index (κ1) is 23.5. The second kappa shape index (κ2) is 9.67. The summed E-state index contributed by atoms with van der Waals surface area (Å²) < 4.78 is 0. The Bertz CT molecular complexity index is 1110. The lowest BCUT2D eigenvalue weighted by Crippen LogP contribution is -2.53. The van der Waals surface area contributed by atoms with Gasteiger partial charge in [-0.1, -0.05) is 6.08 Å². The molecule has 2 unspecified atom stereocenters. The third-order valence-corrected chi connectivity index (χ3v) is 6.77. The summed E-state index contributed by atoms with van der Waals surface area (Å²) in [5, 5.41) is 6.34. The van der Waals surface area contributed by atoms with Crippen LogP contribution in [0.25, 0.3) is 0 Å². The van der Waals surface area contributed by atoms with Gasteiger partial charge >= 0.3 is 0 Å². The molecule has 2 aliphatic rings. The fraction of sp³-hybridized carbons (Fsp3) is 0.385. The van der Waals surface area contributed by atoms with Crippen molar-refractivity contribution in [3.05, 3.63) is 71.8 Å². The highest BCUT2D eigenvalue weighted by Gasteiger charge is 2.30. The molecule has 0 aliphatic carbocycles. The minimum absolute atomic E-state index is 0.110. The lowest BCUT2D eigenvalue weighted by molar-refractivity contribution is -0.131. The predicted molar refractivity (Wildman–Crippen MR) is 133 cm³/mol. The number of carbonyl (C=O) groups is 2. The molecule has 0 bridgehead atoms. The van der Waals surface area contributed by atoms with E-state index in [0.29, 0.717) is 12.4 Å². The van der Waals surface area contributed by atoms with Crippen LogP contribution in [-0.4, -0.2) is 52.4 Å². The molecule has 4 rings (SSSR count). The van der Waals surface area contributed by atoms with E-state index in [1.165, 1.54) is 0 Å². The molecule has 0 aromatic carbocycles. The van der Waals surface area contributed by atoms with Crippen LogP contribution in [0.4, 0.5) is 11.5 Å². The Hall–Kier alpha value is -3.68. The van der Waals surface area contributed by atoms with Crippen LogP contribution in [0.5, 0.6) is 0 Å². The molecule has 2 atom stereocenters. The van der Waals surface area contributed by atoms with Crippen LogP contribution in [-0.2, 0) is 15.1 Å². The van der Waals surface area contributed by atoms with Gasteiger partial charge in [0, 0.05) is 51.2 Å². The zero-order chi connectivity index (χ0) is 24.3. The van der Waals surface area contributed by atoms with E-state index in [4.69, 9.17) is 0 Å². The highest BCUT2D eigenvalue weighted by Crippen LogP contribution is 2.32. The molecule has 2 amide bonds. The number of nitrogens with one attached hydrogen (secondary N) is 2. The predicted octanol–water partition coefficient (Wildman–Crippen LogP) is 3.21. The molecule has 8 heteroatoms. The molecule has 2 aromatic rings. The number of aromatic nitrogens is 2. The van der Waals surface area contributed by atoms with Gasteiger partial charge in [0.25, 0.3) is 0 Å². The van der Waals surface area contributed by atoms with Crippen LogP contribution < -0.4 is 15.5 Å². The maximum atomic E-state index is 12.6.